The van der Waals surface area contributed by atoms with Gasteiger partial charge in [-0.1, -0.05) is 12.8 Å². The summed E-state index contributed by atoms with van der Waals surface area (Å²) in [5.41, 5.74) is 0. The number of carbonyl (C=O) groups is 1. The minimum Gasteiger partial charge on any atom is -0.274 e. The number of rotatable bonds is 5. The minimum atomic E-state index is -3.49. The van der Waals surface area contributed by atoms with Gasteiger partial charge in [-0.2, -0.15) is 0 Å². The maximum Gasteiger partial charge on any atom is 0.236 e. The molecule has 0 atom stereocenters. The third-order valence-electron chi connectivity index (χ3n) is 2.72. The Balaban J connectivity index is 2.39. The maximum atomic E-state index is 11.6. The molecular weight excluding hydrogens is 226 g/mol. The third kappa shape index (κ3) is 4.23. The van der Waals surface area contributed by atoms with E-state index in [0.29, 0.717) is 12.8 Å². The maximum absolute atomic E-state index is 11.6. The monoisotopic (exact) mass is 243 g/mol. The first-order valence-electron chi connectivity index (χ1n) is 5.53. The van der Waals surface area contributed by atoms with E-state index in [9.17, 15) is 13.2 Å². The number of carbonyl (C=O) groups excluding carboxylic acids is 1. The summed E-state index contributed by atoms with van der Waals surface area (Å²) < 4.78 is 25.1. The Hall–Kier alpha value is -1.02. The zero-order valence-corrected chi connectivity index (χ0v) is 10.1. The highest BCUT2D eigenvalue weighted by Crippen LogP contribution is 2.24. The van der Waals surface area contributed by atoms with Crippen molar-refractivity contribution < 1.29 is 13.2 Å². The smallest absolute Gasteiger partial charge is 0.236 e. The lowest BCUT2D eigenvalue weighted by Gasteiger charge is -2.10. The van der Waals surface area contributed by atoms with E-state index in [1.807, 2.05) is 0 Å². The molecule has 16 heavy (non-hydrogen) atoms. The minimum absolute atomic E-state index is 0.0738. The van der Waals surface area contributed by atoms with Gasteiger partial charge in [0.25, 0.3) is 0 Å². The lowest BCUT2D eigenvalue weighted by Crippen LogP contribution is -2.36. The number of hydrogen-bond donors (Lipinski definition) is 1. The normalized spacial score (nSPS) is 16.9. The van der Waals surface area contributed by atoms with Crippen LogP contribution in [0.5, 0.6) is 0 Å². The van der Waals surface area contributed by atoms with E-state index < -0.39 is 10.0 Å². The van der Waals surface area contributed by atoms with Gasteiger partial charge < -0.3 is 0 Å². The van der Waals surface area contributed by atoms with Crippen LogP contribution in [0.1, 0.15) is 38.5 Å². The fourth-order valence-corrected chi connectivity index (χ4v) is 2.94. The van der Waals surface area contributed by atoms with Crippen molar-refractivity contribution in [2.24, 2.45) is 5.92 Å². The van der Waals surface area contributed by atoms with Crippen molar-refractivity contribution >= 4 is 15.9 Å². The SMILES string of the molecule is C#CCCCS(=O)(=O)NC(=O)C1CCCC1. The van der Waals surface area contributed by atoms with Crippen LogP contribution in [0, 0.1) is 18.3 Å². The molecule has 0 aromatic carbocycles. The van der Waals surface area contributed by atoms with E-state index in [-0.39, 0.29) is 17.6 Å². The van der Waals surface area contributed by atoms with Crippen LogP contribution in [0.25, 0.3) is 0 Å². The van der Waals surface area contributed by atoms with Gasteiger partial charge in [-0.3, -0.25) is 9.52 Å². The number of hydrogen-bond acceptors (Lipinski definition) is 3. The molecule has 1 amide bonds. The lowest BCUT2D eigenvalue weighted by molar-refractivity contribution is -0.122. The predicted octanol–water partition coefficient (Wildman–Crippen LogP) is 1.04. The molecular formula is C11H17NO3S. The summed E-state index contributed by atoms with van der Waals surface area (Å²) in [6.07, 6.45) is 9.45. The van der Waals surface area contributed by atoms with E-state index in [2.05, 4.69) is 10.6 Å². The van der Waals surface area contributed by atoms with Gasteiger partial charge in [0.05, 0.1) is 5.75 Å². The number of terminal acetylenes is 1. The van der Waals surface area contributed by atoms with Gasteiger partial charge in [0.2, 0.25) is 15.9 Å². The molecule has 1 aliphatic rings. The predicted molar refractivity (Wildman–Crippen MR) is 62.0 cm³/mol. The van der Waals surface area contributed by atoms with Crippen molar-refractivity contribution in [2.75, 3.05) is 5.75 Å². The van der Waals surface area contributed by atoms with Crippen molar-refractivity contribution in [3.63, 3.8) is 0 Å². The molecule has 0 aromatic heterocycles. The van der Waals surface area contributed by atoms with Crippen molar-refractivity contribution in [1.29, 1.82) is 0 Å². The summed E-state index contributed by atoms with van der Waals surface area (Å²) in [4.78, 5) is 11.6. The van der Waals surface area contributed by atoms with Gasteiger partial charge >= 0.3 is 0 Å². The second kappa shape index (κ2) is 5.90. The van der Waals surface area contributed by atoms with Crippen LogP contribution < -0.4 is 4.72 Å². The van der Waals surface area contributed by atoms with Crippen molar-refractivity contribution in [2.45, 2.75) is 38.5 Å². The first kappa shape index (κ1) is 13.0. The highest BCUT2D eigenvalue weighted by atomic mass is 32.2. The van der Waals surface area contributed by atoms with Crippen LogP contribution in [-0.4, -0.2) is 20.1 Å². The summed E-state index contributed by atoms with van der Waals surface area (Å²) in [6, 6.07) is 0. The molecule has 0 aromatic rings. The molecule has 0 heterocycles. The van der Waals surface area contributed by atoms with E-state index in [1.165, 1.54) is 0 Å². The highest BCUT2D eigenvalue weighted by Gasteiger charge is 2.25. The summed E-state index contributed by atoms with van der Waals surface area (Å²) in [5, 5.41) is 0. The first-order chi connectivity index (χ1) is 7.55. The second-order valence-corrected chi connectivity index (χ2v) is 5.92. The van der Waals surface area contributed by atoms with E-state index in [1.54, 1.807) is 0 Å². The second-order valence-electron chi connectivity index (χ2n) is 4.07. The topological polar surface area (TPSA) is 63.2 Å². The van der Waals surface area contributed by atoms with Gasteiger partial charge in [0, 0.05) is 12.3 Å². The Morgan fingerprint density at radius 2 is 2.00 bits per heavy atom. The molecule has 1 aliphatic carbocycles. The Morgan fingerprint density at radius 1 is 1.38 bits per heavy atom. The van der Waals surface area contributed by atoms with Crippen molar-refractivity contribution in [3.05, 3.63) is 0 Å². The fraction of sp³-hybridized carbons (Fsp3) is 0.727. The molecule has 5 heteroatoms. The summed E-state index contributed by atoms with van der Waals surface area (Å²) >= 11 is 0. The summed E-state index contributed by atoms with van der Waals surface area (Å²) in [6.45, 7) is 0. The first-order valence-corrected chi connectivity index (χ1v) is 7.18. The number of nitrogens with one attached hydrogen (secondary N) is 1. The number of unbranched alkanes of at least 4 members (excludes halogenated alkanes) is 1. The molecule has 0 saturated heterocycles. The zero-order chi connectivity index (χ0) is 12.0. The largest absolute Gasteiger partial charge is 0.274 e. The molecule has 1 saturated carbocycles. The lowest BCUT2D eigenvalue weighted by atomic mass is 10.1. The number of sulfonamides is 1. The quantitative estimate of drug-likeness (QED) is 0.579. The fourth-order valence-electron chi connectivity index (χ4n) is 1.84. The molecule has 0 aliphatic heterocycles. The Morgan fingerprint density at radius 3 is 2.56 bits per heavy atom. The van der Waals surface area contributed by atoms with Gasteiger partial charge in [0.15, 0.2) is 0 Å². The molecule has 1 rings (SSSR count). The molecule has 0 radical (unpaired) electrons. The van der Waals surface area contributed by atoms with Crippen LogP contribution in [-0.2, 0) is 14.8 Å². The van der Waals surface area contributed by atoms with Crippen molar-refractivity contribution in [1.82, 2.24) is 4.72 Å². The summed E-state index contributed by atoms with van der Waals surface area (Å²) in [7, 11) is -3.49. The van der Waals surface area contributed by atoms with Gasteiger partial charge in [-0.25, -0.2) is 8.42 Å². The molecule has 0 bridgehead atoms. The van der Waals surface area contributed by atoms with Gasteiger partial charge in [-0.05, 0) is 19.3 Å². The van der Waals surface area contributed by atoms with E-state index in [4.69, 9.17) is 6.42 Å². The average Bonchev–Trinajstić information content (AvgIpc) is 2.69. The van der Waals surface area contributed by atoms with Crippen LogP contribution in [0.15, 0.2) is 0 Å². The number of amides is 1. The van der Waals surface area contributed by atoms with Crippen LogP contribution in [0.2, 0.25) is 0 Å². The van der Waals surface area contributed by atoms with E-state index in [0.717, 1.165) is 25.7 Å². The van der Waals surface area contributed by atoms with Crippen LogP contribution in [0.3, 0.4) is 0 Å². The Bertz CT molecular complexity index is 375. The standard InChI is InChI=1S/C11H17NO3S/c1-2-3-6-9-16(14,15)12-11(13)10-7-4-5-8-10/h1,10H,3-9H2,(H,12,13). The summed E-state index contributed by atoms with van der Waals surface area (Å²) in [5.74, 6) is 1.83. The molecule has 1 fully saturated rings. The van der Waals surface area contributed by atoms with Crippen molar-refractivity contribution in [3.8, 4) is 12.3 Å². The van der Waals surface area contributed by atoms with Gasteiger partial charge in [-0.15, -0.1) is 12.3 Å². The molecule has 1 N–H and O–H groups in total. The highest BCUT2D eigenvalue weighted by molar-refractivity contribution is 7.90. The average molecular weight is 243 g/mol. The zero-order valence-electron chi connectivity index (χ0n) is 9.24. The van der Waals surface area contributed by atoms with Crippen LogP contribution >= 0.6 is 0 Å². The Kier molecular flexibility index (Phi) is 4.81. The molecule has 0 spiro atoms. The molecule has 4 nitrogen and oxygen atoms in total. The van der Waals surface area contributed by atoms with E-state index >= 15 is 0 Å². The molecule has 0 unspecified atom stereocenters. The van der Waals surface area contributed by atoms with Gasteiger partial charge in [0.1, 0.15) is 0 Å². The Labute approximate surface area is 96.9 Å². The van der Waals surface area contributed by atoms with Crippen LogP contribution in [0.4, 0.5) is 0 Å². The molecule has 90 valence electrons. The third-order valence-corrected chi connectivity index (χ3v) is 4.05.